The van der Waals surface area contributed by atoms with Crippen LogP contribution in [0.15, 0.2) is 46.9 Å². The number of rotatable bonds is 8. The van der Waals surface area contributed by atoms with Gasteiger partial charge in [0.1, 0.15) is 12.6 Å². The Bertz CT molecular complexity index is 894. The van der Waals surface area contributed by atoms with Crippen LogP contribution in [0, 0.1) is 6.92 Å². The van der Waals surface area contributed by atoms with Crippen molar-refractivity contribution >= 4 is 33.9 Å². The van der Waals surface area contributed by atoms with Crippen LogP contribution < -0.4 is 14.8 Å². The van der Waals surface area contributed by atoms with Gasteiger partial charge in [0.05, 0.1) is 11.6 Å². The lowest BCUT2D eigenvalue weighted by Crippen LogP contribution is -2.37. The highest BCUT2D eigenvalue weighted by molar-refractivity contribution is 9.10. The molecule has 7 heteroatoms. The van der Waals surface area contributed by atoms with Crippen molar-refractivity contribution in [2.75, 3.05) is 7.11 Å². The molecule has 0 heterocycles. The normalized spacial score (nSPS) is 11.9. The van der Waals surface area contributed by atoms with Gasteiger partial charge < -0.3 is 19.9 Å². The zero-order chi connectivity index (χ0) is 20.7. The molecule has 1 atom stereocenters. The molecule has 0 unspecified atom stereocenters. The highest BCUT2D eigenvalue weighted by atomic mass is 79.9. The maximum atomic E-state index is 11.8. The number of halogens is 1. The van der Waals surface area contributed by atoms with E-state index < -0.39 is 17.9 Å². The van der Waals surface area contributed by atoms with Crippen molar-refractivity contribution in [1.82, 2.24) is 5.32 Å². The summed E-state index contributed by atoms with van der Waals surface area (Å²) in [6.07, 6.45) is 2.84. The third-order valence-corrected chi connectivity index (χ3v) is 4.46. The number of aryl methyl sites for hydroxylation is 1. The van der Waals surface area contributed by atoms with Crippen LogP contribution in [0.1, 0.15) is 23.6 Å². The molecule has 2 rings (SSSR count). The second-order valence-electron chi connectivity index (χ2n) is 6.21. The number of aliphatic carboxylic acids is 1. The minimum atomic E-state index is -1.10. The van der Waals surface area contributed by atoms with Crippen molar-refractivity contribution in [3.63, 3.8) is 0 Å². The van der Waals surface area contributed by atoms with E-state index >= 15 is 0 Å². The van der Waals surface area contributed by atoms with E-state index in [2.05, 4.69) is 21.2 Å². The average molecular weight is 448 g/mol. The molecule has 0 aliphatic rings. The second-order valence-corrected chi connectivity index (χ2v) is 7.07. The van der Waals surface area contributed by atoms with Crippen molar-refractivity contribution < 1.29 is 24.2 Å². The van der Waals surface area contributed by atoms with E-state index in [1.54, 1.807) is 18.2 Å². The number of hydrogen-bond donors (Lipinski definition) is 2. The minimum Gasteiger partial charge on any atom is -0.493 e. The average Bonchev–Trinajstić information content (AvgIpc) is 2.65. The molecule has 148 valence electrons. The largest absolute Gasteiger partial charge is 0.493 e. The summed E-state index contributed by atoms with van der Waals surface area (Å²) >= 11 is 3.48. The quantitative estimate of drug-likeness (QED) is 0.598. The van der Waals surface area contributed by atoms with Crippen LogP contribution in [0.25, 0.3) is 6.08 Å². The number of methoxy groups -OCH3 is 1. The third-order valence-electron chi connectivity index (χ3n) is 3.87. The van der Waals surface area contributed by atoms with Crippen LogP contribution in [0.2, 0.25) is 0 Å². The lowest BCUT2D eigenvalue weighted by atomic mass is 10.1. The Balaban J connectivity index is 2.13. The summed E-state index contributed by atoms with van der Waals surface area (Å²) in [5.41, 5.74) is 2.90. The molecule has 0 aromatic heterocycles. The molecule has 2 N–H and O–H groups in total. The Morgan fingerprint density at radius 3 is 2.68 bits per heavy atom. The number of carboxylic acids is 1. The van der Waals surface area contributed by atoms with Gasteiger partial charge in [-0.3, -0.25) is 9.59 Å². The van der Waals surface area contributed by atoms with E-state index in [9.17, 15) is 9.59 Å². The number of benzene rings is 2. The molecule has 28 heavy (non-hydrogen) atoms. The first-order valence-corrected chi connectivity index (χ1v) is 9.36. The van der Waals surface area contributed by atoms with Gasteiger partial charge in [0, 0.05) is 6.08 Å². The number of carbonyl (C=O) groups excluding carboxylic acids is 1. The predicted molar refractivity (Wildman–Crippen MR) is 110 cm³/mol. The van der Waals surface area contributed by atoms with Crippen LogP contribution in [0.3, 0.4) is 0 Å². The number of carbonyl (C=O) groups is 2. The van der Waals surface area contributed by atoms with E-state index in [1.165, 1.54) is 20.1 Å². The molecule has 0 saturated heterocycles. The molecule has 0 spiro atoms. The summed E-state index contributed by atoms with van der Waals surface area (Å²) in [6, 6.07) is 10.6. The second kappa shape index (κ2) is 9.94. The molecule has 0 saturated carbocycles. The zero-order valence-corrected chi connectivity index (χ0v) is 17.4. The standard InChI is InChI=1S/C21H22BrNO5/c1-13-5-4-6-16(9-13)12-28-20-17(22)10-15(11-18(20)27-3)7-8-19(24)23-14(2)21(25)26/h4-11,14H,12H2,1-3H3,(H,23,24)(H,25,26)/b8-7+/t14-/m1/s1. The first-order chi connectivity index (χ1) is 13.3. The summed E-state index contributed by atoms with van der Waals surface area (Å²) in [7, 11) is 1.54. The molecule has 2 aromatic rings. The Labute approximate surface area is 172 Å². The number of hydrogen-bond acceptors (Lipinski definition) is 4. The summed E-state index contributed by atoms with van der Waals surface area (Å²) in [5, 5.41) is 11.2. The van der Waals surface area contributed by atoms with Gasteiger partial charge in [0.15, 0.2) is 11.5 Å². The number of carboxylic acid groups (broad SMARTS) is 1. The Morgan fingerprint density at radius 1 is 1.29 bits per heavy atom. The van der Waals surface area contributed by atoms with Gasteiger partial charge in [0.25, 0.3) is 0 Å². The fourth-order valence-electron chi connectivity index (χ4n) is 2.43. The molecule has 1 amide bonds. The first-order valence-electron chi connectivity index (χ1n) is 8.57. The topological polar surface area (TPSA) is 84.9 Å². The first kappa shape index (κ1) is 21.5. The molecule has 0 radical (unpaired) electrons. The third kappa shape index (κ3) is 6.13. The van der Waals surface area contributed by atoms with Crippen molar-refractivity contribution in [2.45, 2.75) is 26.5 Å². The number of amides is 1. The maximum Gasteiger partial charge on any atom is 0.325 e. The zero-order valence-electron chi connectivity index (χ0n) is 15.9. The summed E-state index contributed by atoms with van der Waals surface area (Å²) in [5.74, 6) is -0.517. The SMILES string of the molecule is COc1cc(/C=C/C(=O)N[C@H](C)C(=O)O)cc(Br)c1OCc1cccc(C)c1. The van der Waals surface area contributed by atoms with Crippen molar-refractivity contribution in [3.05, 3.63) is 63.6 Å². The maximum absolute atomic E-state index is 11.8. The van der Waals surface area contributed by atoms with Gasteiger partial charge in [-0.2, -0.15) is 0 Å². The predicted octanol–water partition coefficient (Wildman–Crippen LogP) is 3.95. The summed E-state index contributed by atoms with van der Waals surface area (Å²) in [4.78, 5) is 22.6. The Hall–Kier alpha value is -2.80. The Morgan fingerprint density at radius 2 is 2.04 bits per heavy atom. The molecule has 0 aliphatic heterocycles. The molecular formula is C21H22BrNO5. The van der Waals surface area contributed by atoms with E-state index in [0.29, 0.717) is 28.1 Å². The van der Waals surface area contributed by atoms with Crippen molar-refractivity contribution in [2.24, 2.45) is 0 Å². The number of nitrogens with one attached hydrogen (secondary N) is 1. The monoisotopic (exact) mass is 447 g/mol. The Kier molecular flexibility index (Phi) is 7.63. The van der Waals surface area contributed by atoms with Crippen LogP contribution in [-0.2, 0) is 16.2 Å². The van der Waals surface area contributed by atoms with Crippen LogP contribution in [-0.4, -0.2) is 30.1 Å². The molecule has 0 bridgehead atoms. The number of ether oxygens (including phenoxy) is 2. The fraction of sp³-hybridized carbons (Fsp3) is 0.238. The molecular weight excluding hydrogens is 426 g/mol. The van der Waals surface area contributed by atoms with Gasteiger partial charge >= 0.3 is 5.97 Å². The van der Waals surface area contributed by atoms with Crippen LogP contribution in [0.4, 0.5) is 0 Å². The minimum absolute atomic E-state index is 0.390. The van der Waals surface area contributed by atoms with Gasteiger partial charge in [-0.15, -0.1) is 0 Å². The molecule has 0 fully saturated rings. The molecule has 2 aromatic carbocycles. The van der Waals surface area contributed by atoms with Gasteiger partial charge in [0.2, 0.25) is 5.91 Å². The van der Waals surface area contributed by atoms with Gasteiger partial charge in [-0.05, 0) is 59.1 Å². The lowest BCUT2D eigenvalue weighted by Gasteiger charge is -2.14. The van der Waals surface area contributed by atoms with E-state index in [1.807, 2.05) is 31.2 Å². The lowest BCUT2D eigenvalue weighted by molar-refractivity contribution is -0.140. The van der Waals surface area contributed by atoms with Crippen LogP contribution >= 0.6 is 15.9 Å². The highest BCUT2D eigenvalue weighted by Crippen LogP contribution is 2.37. The van der Waals surface area contributed by atoms with Crippen LogP contribution in [0.5, 0.6) is 11.5 Å². The highest BCUT2D eigenvalue weighted by Gasteiger charge is 2.13. The fourth-order valence-corrected chi connectivity index (χ4v) is 3.00. The van der Waals surface area contributed by atoms with Crippen molar-refractivity contribution in [3.8, 4) is 11.5 Å². The van der Waals surface area contributed by atoms with E-state index in [-0.39, 0.29) is 0 Å². The summed E-state index contributed by atoms with van der Waals surface area (Å²) < 4.78 is 12.0. The molecule has 0 aliphatic carbocycles. The van der Waals surface area contributed by atoms with Gasteiger partial charge in [-0.25, -0.2) is 0 Å². The molecule has 6 nitrogen and oxygen atoms in total. The summed E-state index contributed by atoms with van der Waals surface area (Å²) in [6.45, 7) is 3.81. The van der Waals surface area contributed by atoms with Crippen molar-refractivity contribution in [1.29, 1.82) is 0 Å². The van der Waals surface area contributed by atoms with E-state index in [0.717, 1.165) is 11.1 Å². The van der Waals surface area contributed by atoms with Gasteiger partial charge in [-0.1, -0.05) is 29.8 Å². The smallest absolute Gasteiger partial charge is 0.325 e. The van der Waals surface area contributed by atoms with E-state index in [4.69, 9.17) is 14.6 Å².